The van der Waals surface area contributed by atoms with E-state index < -0.39 is 0 Å². The first kappa shape index (κ1) is 14.7. The largest absolute Gasteiger partial charge is 0.395 e. The van der Waals surface area contributed by atoms with Crippen molar-refractivity contribution in [3.63, 3.8) is 0 Å². The summed E-state index contributed by atoms with van der Waals surface area (Å²) < 4.78 is 6.66. The van der Waals surface area contributed by atoms with Crippen molar-refractivity contribution in [2.45, 2.75) is 13.8 Å². The molecule has 0 fully saturated rings. The monoisotopic (exact) mass is 255 g/mol. The van der Waals surface area contributed by atoms with E-state index in [4.69, 9.17) is 9.84 Å². The maximum atomic E-state index is 12.4. The zero-order valence-electron chi connectivity index (χ0n) is 11.4. The minimum absolute atomic E-state index is 0.0617. The molecule has 1 amide bonds. The van der Waals surface area contributed by atoms with Gasteiger partial charge in [0.25, 0.3) is 5.91 Å². The number of hydrogen-bond donors (Lipinski definition) is 1. The molecule has 0 radical (unpaired) electrons. The molecule has 1 N–H and O–H groups in total. The minimum Gasteiger partial charge on any atom is -0.395 e. The van der Waals surface area contributed by atoms with Crippen molar-refractivity contribution >= 4 is 5.91 Å². The Kier molecular flexibility index (Phi) is 5.30. The van der Waals surface area contributed by atoms with Crippen LogP contribution in [0.25, 0.3) is 0 Å². The molecule has 1 rings (SSSR count). The molecule has 0 aliphatic rings. The van der Waals surface area contributed by atoms with Crippen molar-refractivity contribution in [3.05, 3.63) is 17.0 Å². The number of ether oxygens (including phenoxy) is 1. The van der Waals surface area contributed by atoms with E-state index in [9.17, 15) is 4.79 Å². The van der Waals surface area contributed by atoms with E-state index in [0.29, 0.717) is 31.0 Å². The normalized spacial score (nSPS) is 10.7. The third-order valence-electron chi connectivity index (χ3n) is 2.95. The van der Waals surface area contributed by atoms with Crippen LogP contribution in [0.2, 0.25) is 0 Å². The van der Waals surface area contributed by atoms with Gasteiger partial charge >= 0.3 is 0 Å². The highest BCUT2D eigenvalue weighted by Crippen LogP contribution is 2.14. The first-order chi connectivity index (χ1) is 8.52. The van der Waals surface area contributed by atoms with Crippen LogP contribution in [0.15, 0.2) is 0 Å². The highest BCUT2D eigenvalue weighted by atomic mass is 16.5. The fourth-order valence-electron chi connectivity index (χ4n) is 1.88. The number of nitrogens with zero attached hydrogens (tertiary/aromatic N) is 3. The lowest BCUT2D eigenvalue weighted by atomic mass is 10.1. The zero-order chi connectivity index (χ0) is 13.7. The number of aryl methyl sites for hydroxylation is 2. The second-order valence-electron chi connectivity index (χ2n) is 4.18. The second-order valence-corrected chi connectivity index (χ2v) is 4.18. The molecule has 0 aliphatic carbocycles. The molecule has 0 bridgehead atoms. The highest BCUT2D eigenvalue weighted by Gasteiger charge is 2.22. The average molecular weight is 255 g/mol. The summed E-state index contributed by atoms with van der Waals surface area (Å²) in [6.45, 7) is 4.83. The number of hydrogen-bond acceptors (Lipinski definition) is 4. The number of carbonyl (C=O) groups is 1. The Morgan fingerprint density at radius 1 is 1.44 bits per heavy atom. The Morgan fingerprint density at radius 3 is 2.56 bits per heavy atom. The quantitative estimate of drug-likeness (QED) is 0.784. The molecule has 6 nitrogen and oxygen atoms in total. The van der Waals surface area contributed by atoms with E-state index in [0.717, 1.165) is 5.69 Å². The van der Waals surface area contributed by atoms with Gasteiger partial charge in [-0.05, 0) is 13.8 Å². The van der Waals surface area contributed by atoms with Crippen LogP contribution < -0.4 is 0 Å². The van der Waals surface area contributed by atoms with Crippen LogP contribution in [-0.4, -0.2) is 59.1 Å². The average Bonchev–Trinajstić information content (AvgIpc) is 2.58. The summed E-state index contributed by atoms with van der Waals surface area (Å²) in [5, 5.41) is 13.2. The van der Waals surface area contributed by atoms with E-state index in [1.54, 1.807) is 16.7 Å². The first-order valence-electron chi connectivity index (χ1n) is 5.92. The van der Waals surface area contributed by atoms with Gasteiger partial charge in [0.1, 0.15) is 0 Å². The fraction of sp³-hybridized carbons (Fsp3) is 0.667. The number of aliphatic hydroxyl groups is 1. The molecule has 0 spiro atoms. The predicted octanol–water partition coefficient (Wildman–Crippen LogP) is 0.118. The first-order valence-corrected chi connectivity index (χ1v) is 5.92. The van der Waals surface area contributed by atoms with Crippen LogP contribution >= 0.6 is 0 Å². The Morgan fingerprint density at radius 2 is 2.11 bits per heavy atom. The third kappa shape index (κ3) is 3.08. The zero-order valence-corrected chi connectivity index (χ0v) is 11.4. The van der Waals surface area contributed by atoms with Crippen LogP contribution in [0, 0.1) is 13.8 Å². The SMILES string of the molecule is COCCN(CCO)C(=O)c1c(C)nn(C)c1C. The molecule has 1 aromatic heterocycles. The van der Waals surface area contributed by atoms with Gasteiger partial charge in [0.15, 0.2) is 0 Å². The van der Waals surface area contributed by atoms with E-state index in [1.807, 2.05) is 20.9 Å². The van der Waals surface area contributed by atoms with Crippen LogP contribution in [0.4, 0.5) is 0 Å². The number of aromatic nitrogens is 2. The molecule has 6 heteroatoms. The van der Waals surface area contributed by atoms with Gasteiger partial charge in [0.05, 0.1) is 24.5 Å². The Labute approximate surface area is 107 Å². The third-order valence-corrected chi connectivity index (χ3v) is 2.95. The number of methoxy groups -OCH3 is 1. The molecular formula is C12H21N3O3. The van der Waals surface area contributed by atoms with Crippen molar-refractivity contribution in [3.8, 4) is 0 Å². The summed E-state index contributed by atoms with van der Waals surface area (Å²) in [6.07, 6.45) is 0. The molecule has 0 aliphatic heterocycles. The molecule has 0 saturated heterocycles. The summed E-state index contributed by atoms with van der Waals surface area (Å²) >= 11 is 0. The lowest BCUT2D eigenvalue weighted by Gasteiger charge is -2.21. The lowest BCUT2D eigenvalue weighted by molar-refractivity contribution is 0.0655. The molecule has 1 heterocycles. The molecule has 18 heavy (non-hydrogen) atoms. The van der Waals surface area contributed by atoms with E-state index >= 15 is 0 Å². The van der Waals surface area contributed by atoms with Crippen LogP contribution in [0.3, 0.4) is 0 Å². The molecule has 0 aromatic carbocycles. The van der Waals surface area contributed by atoms with Crippen molar-refractivity contribution in [1.29, 1.82) is 0 Å². The molecule has 0 saturated carbocycles. The highest BCUT2D eigenvalue weighted by molar-refractivity contribution is 5.96. The van der Waals surface area contributed by atoms with Crippen molar-refractivity contribution in [2.75, 3.05) is 33.4 Å². The summed E-state index contributed by atoms with van der Waals surface area (Å²) in [4.78, 5) is 14.0. The molecule has 1 aromatic rings. The van der Waals surface area contributed by atoms with Gasteiger partial charge in [0.2, 0.25) is 0 Å². The Balaban J connectivity index is 2.94. The van der Waals surface area contributed by atoms with Crippen LogP contribution in [0.5, 0.6) is 0 Å². The standard InChI is InChI=1S/C12H21N3O3/c1-9-11(10(2)14(3)13-9)12(17)15(5-7-16)6-8-18-4/h16H,5-8H2,1-4H3. The van der Waals surface area contributed by atoms with Crippen LogP contribution in [-0.2, 0) is 11.8 Å². The number of carbonyl (C=O) groups excluding carboxylic acids is 1. The van der Waals surface area contributed by atoms with E-state index in [1.165, 1.54) is 0 Å². The number of amides is 1. The van der Waals surface area contributed by atoms with Gasteiger partial charge in [0, 0.05) is 32.9 Å². The lowest BCUT2D eigenvalue weighted by Crippen LogP contribution is -2.36. The minimum atomic E-state index is -0.107. The van der Waals surface area contributed by atoms with Crippen molar-refractivity contribution < 1.29 is 14.6 Å². The Hall–Kier alpha value is -1.40. The van der Waals surface area contributed by atoms with Gasteiger partial charge < -0.3 is 14.7 Å². The van der Waals surface area contributed by atoms with Gasteiger partial charge in [-0.1, -0.05) is 0 Å². The second kappa shape index (κ2) is 6.51. The smallest absolute Gasteiger partial charge is 0.257 e. The van der Waals surface area contributed by atoms with Crippen molar-refractivity contribution in [2.24, 2.45) is 7.05 Å². The summed E-state index contributed by atoms with van der Waals surface area (Å²) in [6, 6.07) is 0. The van der Waals surface area contributed by atoms with Gasteiger partial charge in [-0.2, -0.15) is 5.10 Å². The maximum Gasteiger partial charge on any atom is 0.257 e. The molecular weight excluding hydrogens is 234 g/mol. The van der Waals surface area contributed by atoms with Crippen molar-refractivity contribution in [1.82, 2.24) is 14.7 Å². The number of rotatable bonds is 6. The van der Waals surface area contributed by atoms with Crippen LogP contribution in [0.1, 0.15) is 21.7 Å². The topological polar surface area (TPSA) is 67.6 Å². The fourth-order valence-corrected chi connectivity index (χ4v) is 1.88. The van der Waals surface area contributed by atoms with Gasteiger partial charge in [-0.3, -0.25) is 9.48 Å². The summed E-state index contributed by atoms with van der Waals surface area (Å²) in [5.41, 5.74) is 2.15. The van der Waals surface area contributed by atoms with Gasteiger partial charge in [-0.25, -0.2) is 0 Å². The molecule has 0 unspecified atom stereocenters. The van der Waals surface area contributed by atoms with Gasteiger partial charge in [-0.15, -0.1) is 0 Å². The summed E-state index contributed by atoms with van der Waals surface area (Å²) in [5.74, 6) is -0.107. The van der Waals surface area contributed by atoms with E-state index in [-0.39, 0.29) is 12.5 Å². The molecule has 102 valence electrons. The summed E-state index contributed by atoms with van der Waals surface area (Å²) in [7, 11) is 3.40. The maximum absolute atomic E-state index is 12.4. The number of aliphatic hydroxyl groups excluding tert-OH is 1. The molecule has 0 atom stereocenters. The Bertz CT molecular complexity index is 415. The van der Waals surface area contributed by atoms with E-state index in [2.05, 4.69) is 5.10 Å². The predicted molar refractivity (Wildman–Crippen MR) is 67.5 cm³/mol.